The number of halogens is 1. The molecule has 0 bridgehead atoms. The maximum absolute atomic E-state index is 5.55. The minimum absolute atomic E-state index is 0.0939. The maximum atomic E-state index is 5.55. The topological polar surface area (TPSA) is 51.2 Å². The molecule has 0 amide bonds. The Morgan fingerprint density at radius 2 is 1.90 bits per heavy atom. The summed E-state index contributed by atoms with van der Waals surface area (Å²) in [6.45, 7) is 3.89. The molecule has 0 aliphatic heterocycles. The summed E-state index contributed by atoms with van der Waals surface area (Å²) in [5.74, 6) is 1.56. The molecule has 0 saturated heterocycles. The van der Waals surface area contributed by atoms with Gasteiger partial charge in [-0.1, -0.05) is 12.1 Å². The van der Waals surface area contributed by atoms with Crippen LogP contribution in [-0.2, 0) is 0 Å². The first-order chi connectivity index (χ1) is 10.1. The van der Waals surface area contributed by atoms with Crippen LogP contribution < -0.4 is 5.32 Å². The third kappa shape index (κ3) is 3.19. The van der Waals surface area contributed by atoms with Crippen molar-refractivity contribution in [1.82, 2.24) is 4.98 Å². The van der Waals surface area contributed by atoms with E-state index in [1.165, 1.54) is 0 Å². The Labute approximate surface area is 131 Å². The van der Waals surface area contributed by atoms with Crippen LogP contribution in [0.15, 0.2) is 56.2 Å². The quantitative estimate of drug-likeness (QED) is 0.707. The van der Waals surface area contributed by atoms with E-state index in [1.54, 1.807) is 6.26 Å². The Balaban J connectivity index is 1.72. The van der Waals surface area contributed by atoms with Crippen LogP contribution in [0.25, 0.3) is 11.3 Å². The maximum Gasteiger partial charge on any atom is 0.191 e. The van der Waals surface area contributed by atoms with Crippen molar-refractivity contribution in [3.63, 3.8) is 0 Å². The van der Waals surface area contributed by atoms with Gasteiger partial charge >= 0.3 is 0 Å². The van der Waals surface area contributed by atoms with Crippen molar-refractivity contribution in [2.45, 2.75) is 19.9 Å². The largest absolute Gasteiger partial charge is 0.452 e. The monoisotopic (exact) mass is 346 g/mol. The fourth-order valence-corrected chi connectivity index (χ4v) is 2.43. The highest BCUT2D eigenvalue weighted by molar-refractivity contribution is 9.10. The van der Waals surface area contributed by atoms with E-state index in [1.807, 2.05) is 43.3 Å². The predicted octanol–water partition coefficient (Wildman–Crippen LogP) is 5.18. The average Bonchev–Trinajstić information content (AvgIpc) is 3.08. The molecule has 1 unspecified atom stereocenters. The number of aromatic nitrogens is 1. The normalized spacial score (nSPS) is 12.3. The summed E-state index contributed by atoms with van der Waals surface area (Å²) in [4.78, 5) is 4.31. The van der Waals surface area contributed by atoms with Gasteiger partial charge in [-0.25, -0.2) is 4.98 Å². The van der Waals surface area contributed by atoms with Gasteiger partial charge in [-0.3, -0.25) is 0 Å². The van der Waals surface area contributed by atoms with Gasteiger partial charge in [-0.15, -0.1) is 0 Å². The first-order valence-electron chi connectivity index (χ1n) is 6.66. The summed E-state index contributed by atoms with van der Waals surface area (Å²) in [7, 11) is 0. The van der Waals surface area contributed by atoms with E-state index in [0.29, 0.717) is 5.89 Å². The molecule has 0 radical (unpaired) electrons. The van der Waals surface area contributed by atoms with Crippen LogP contribution in [-0.4, -0.2) is 4.98 Å². The zero-order chi connectivity index (χ0) is 14.8. The predicted molar refractivity (Wildman–Crippen MR) is 85.1 cm³/mol. The average molecular weight is 347 g/mol. The van der Waals surface area contributed by atoms with Gasteiger partial charge in [0.15, 0.2) is 10.6 Å². The SMILES string of the molecule is Cc1nc(-c2ccc(NC(C)c3ccc(Br)o3)cc2)co1. The van der Waals surface area contributed by atoms with Gasteiger partial charge < -0.3 is 14.2 Å². The third-order valence-electron chi connectivity index (χ3n) is 3.20. The fourth-order valence-electron chi connectivity index (χ4n) is 2.12. The van der Waals surface area contributed by atoms with E-state index in [-0.39, 0.29) is 6.04 Å². The number of aryl methyl sites for hydroxylation is 1. The van der Waals surface area contributed by atoms with Gasteiger partial charge in [0.25, 0.3) is 0 Å². The Hall–Kier alpha value is -2.01. The Bertz CT molecular complexity index is 731. The number of benzene rings is 1. The molecule has 0 saturated carbocycles. The molecule has 0 fully saturated rings. The number of anilines is 1. The lowest BCUT2D eigenvalue weighted by Crippen LogP contribution is -2.05. The molecule has 0 aliphatic rings. The van der Waals surface area contributed by atoms with Crippen LogP contribution in [0.1, 0.15) is 24.6 Å². The summed E-state index contributed by atoms with van der Waals surface area (Å²) < 4.78 is 11.5. The van der Waals surface area contributed by atoms with Gasteiger partial charge in [0.05, 0.1) is 6.04 Å². The van der Waals surface area contributed by atoms with Crippen molar-refractivity contribution in [2.75, 3.05) is 5.32 Å². The first kappa shape index (κ1) is 13.9. The standard InChI is InChI=1S/C16H15BrN2O2/c1-10(15-7-8-16(17)21-15)18-13-5-3-12(4-6-13)14-9-20-11(2)19-14/h3-10,18H,1-2H3. The molecule has 0 spiro atoms. The van der Waals surface area contributed by atoms with E-state index in [4.69, 9.17) is 8.83 Å². The van der Waals surface area contributed by atoms with E-state index in [0.717, 1.165) is 27.4 Å². The molecule has 21 heavy (non-hydrogen) atoms. The number of hydrogen-bond donors (Lipinski definition) is 1. The second-order valence-electron chi connectivity index (χ2n) is 4.84. The molecule has 1 N–H and O–H groups in total. The highest BCUT2D eigenvalue weighted by Crippen LogP contribution is 2.25. The molecule has 1 aromatic carbocycles. The van der Waals surface area contributed by atoms with Crippen molar-refractivity contribution >= 4 is 21.6 Å². The van der Waals surface area contributed by atoms with Crippen molar-refractivity contribution in [3.05, 3.63) is 59.0 Å². The highest BCUT2D eigenvalue weighted by atomic mass is 79.9. The molecule has 4 nitrogen and oxygen atoms in total. The fraction of sp³-hybridized carbons (Fsp3) is 0.188. The molecule has 3 aromatic rings. The summed E-state index contributed by atoms with van der Waals surface area (Å²) in [5, 5.41) is 3.40. The van der Waals surface area contributed by atoms with E-state index >= 15 is 0 Å². The van der Waals surface area contributed by atoms with Crippen molar-refractivity contribution in [1.29, 1.82) is 0 Å². The van der Waals surface area contributed by atoms with E-state index in [9.17, 15) is 0 Å². The molecule has 108 valence electrons. The number of nitrogens with one attached hydrogen (secondary N) is 1. The van der Waals surface area contributed by atoms with Gasteiger partial charge in [-0.05, 0) is 47.1 Å². The van der Waals surface area contributed by atoms with Gasteiger partial charge in [0.1, 0.15) is 17.7 Å². The molecule has 2 heterocycles. The minimum Gasteiger partial charge on any atom is -0.452 e. The first-order valence-corrected chi connectivity index (χ1v) is 7.45. The Morgan fingerprint density at radius 1 is 1.14 bits per heavy atom. The second-order valence-corrected chi connectivity index (χ2v) is 5.62. The Morgan fingerprint density at radius 3 is 2.48 bits per heavy atom. The molecule has 0 aliphatic carbocycles. The molecule has 3 rings (SSSR count). The second kappa shape index (κ2) is 5.77. The molecule has 5 heteroatoms. The zero-order valence-corrected chi connectivity index (χ0v) is 13.3. The summed E-state index contributed by atoms with van der Waals surface area (Å²) in [6.07, 6.45) is 1.67. The highest BCUT2D eigenvalue weighted by Gasteiger charge is 2.10. The van der Waals surface area contributed by atoms with Crippen LogP contribution in [0.4, 0.5) is 5.69 Å². The van der Waals surface area contributed by atoms with Crippen molar-refractivity contribution in [2.24, 2.45) is 0 Å². The summed E-state index contributed by atoms with van der Waals surface area (Å²) >= 11 is 3.31. The summed E-state index contributed by atoms with van der Waals surface area (Å²) in [5.41, 5.74) is 2.91. The van der Waals surface area contributed by atoms with Crippen LogP contribution in [0.5, 0.6) is 0 Å². The van der Waals surface area contributed by atoms with Crippen LogP contribution in [0, 0.1) is 6.92 Å². The number of hydrogen-bond acceptors (Lipinski definition) is 4. The van der Waals surface area contributed by atoms with Gasteiger partial charge in [-0.2, -0.15) is 0 Å². The number of nitrogens with zero attached hydrogens (tertiary/aromatic N) is 1. The lowest BCUT2D eigenvalue weighted by Gasteiger charge is -2.13. The number of furan rings is 1. The van der Waals surface area contributed by atoms with E-state index in [2.05, 4.69) is 33.2 Å². The summed E-state index contributed by atoms with van der Waals surface area (Å²) in [6, 6.07) is 12.0. The van der Waals surface area contributed by atoms with Gasteiger partial charge in [0.2, 0.25) is 0 Å². The number of rotatable bonds is 4. The van der Waals surface area contributed by atoms with Crippen LogP contribution in [0.3, 0.4) is 0 Å². The Kier molecular flexibility index (Phi) is 3.84. The molecule has 2 aromatic heterocycles. The zero-order valence-electron chi connectivity index (χ0n) is 11.8. The lowest BCUT2D eigenvalue weighted by atomic mass is 10.1. The van der Waals surface area contributed by atoms with Crippen LogP contribution >= 0.6 is 15.9 Å². The minimum atomic E-state index is 0.0939. The van der Waals surface area contributed by atoms with E-state index < -0.39 is 0 Å². The van der Waals surface area contributed by atoms with Crippen molar-refractivity contribution < 1.29 is 8.83 Å². The van der Waals surface area contributed by atoms with Gasteiger partial charge in [0, 0.05) is 18.2 Å². The lowest BCUT2D eigenvalue weighted by molar-refractivity contribution is 0.471. The van der Waals surface area contributed by atoms with Crippen molar-refractivity contribution in [3.8, 4) is 11.3 Å². The molecular formula is C16H15BrN2O2. The third-order valence-corrected chi connectivity index (χ3v) is 3.63. The van der Waals surface area contributed by atoms with Crippen LogP contribution in [0.2, 0.25) is 0 Å². The smallest absolute Gasteiger partial charge is 0.191 e. The molecular weight excluding hydrogens is 332 g/mol. The number of oxazole rings is 1. The molecule has 1 atom stereocenters.